The molecule has 2 aromatic carbocycles. The molecule has 7 nitrogen and oxygen atoms in total. The van der Waals surface area contributed by atoms with Gasteiger partial charge in [0, 0.05) is 23.4 Å². The zero-order valence-corrected chi connectivity index (χ0v) is 16.8. The Morgan fingerprint density at radius 2 is 1.90 bits per heavy atom. The van der Waals surface area contributed by atoms with Gasteiger partial charge in [0.25, 0.3) is 5.56 Å². The van der Waals surface area contributed by atoms with Crippen LogP contribution in [0.2, 0.25) is 0 Å². The first-order chi connectivity index (χ1) is 14.4. The van der Waals surface area contributed by atoms with Gasteiger partial charge in [-0.1, -0.05) is 12.1 Å². The van der Waals surface area contributed by atoms with E-state index in [1.807, 2.05) is 6.92 Å². The van der Waals surface area contributed by atoms with Crippen molar-refractivity contribution in [3.63, 3.8) is 0 Å². The Kier molecular flexibility index (Phi) is 5.28. The number of aryl methyl sites for hydroxylation is 2. The van der Waals surface area contributed by atoms with Crippen LogP contribution in [0.5, 0.6) is 0 Å². The van der Waals surface area contributed by atoms with E-state index in [1.165, 1.54) is 28.0 Å². The summed E-state index contributed by atoms with van der Waals surface area (Å²) in [4.78, 5) is 44.1. The highest BCUT2D eigenvalue weighted by Gasteiger charge is 2.13. The zero-order chi connectivity index (χ0) is 21.3. The molecule has 1 amide bonds. The number of carbonyl (C=O) groups excluding carboxylic acids is 1. The topological polar surface area (TPSA) is 96.9 Å². The van der Waals surface area contributed by atoms with Crippen molar-refractivity contribution in [1.29, 1.82) is 0 Å². The fraction of sp³-hybridized carbons (Fsp3) is 0.143. The molecule has 0 fully saturated rings. The molecule has 0 saturated carbocycles. The quantitative estimate of drug-likeness (QED) is 0.514. The second kappa shape index (κ2) is 8.03. The number of nitrogens with zero attached hydrogens (tertiary/aromatic N) is 2. The van der Waals surface area contributed by atoms with Crippen LogP contribution in [-0.4, -0.2) is 20.4 Å². The van der Waals surface area contributed by atoms with Gasteiger partial charge in [-0.15, -0.1) is 11.3 Å². The number of carbonyl (C=O) groups is 1. The lowest BCUT2D eigenvalue weighted by molar-refractivity contribution is -0.116. The molecule has 0 radical (unpaired) electrons. The van der Waals surface area contributed by atoms with Crippen LogP contribution in [-0.2, 0) is 11.3 Å². The molecule has 0 aliphatic carbocycles. The number of aromatic nitrogens is 3. The largest absolute Gasteiger partial charge is 0.328 e. The number of fused-ring (bicyclic) bond motifs is 1. The van der Waals surface area contributed by atoms with E-state index < -0.39 is 11.2 Å². The molecular weight excluding hydrogens is 407 g/mol. The summed E-state index contributed by atoms with van der Waals surface area (Å²) in [5, 5.41) is 3.55. The third kappa shape index (κ3) is 3.92. The average molecular weight is 424 g/mol. The SMILES string of the molecule is Cc1sc(NC(=O)CCn2c(=O)[nH]c(=O)c3ccccc32)nc1-c1ccc(F)cc1. The number of anilines is 1. The maximum atomic E-state index is 13.1. The van der Waals surface area contributed by atoms with Crippen molar-refractivity contribution in [3.8, 4) is 11.3 Å². The highest BCUT2D eigenvalue weighted by Crippen LogP contribution is 2.30. The van der Waals surface area contributed by atoms with E-state index in [1.54, 1.807) is 36.4 Å². The van der Waals surface area contributed by atoms with Crippen LogP contribution in [0.4, 0.5) is 9.52 Å². The molecule has 0 spiro atoms. The fourth-order valence-corrected chi connectivity index (χ4v) is 4.04. The molecule has 0 saturated heterocycles. The van der Waals surface area contributed by atoms with Crippen LogP contribution in [0, 0.1) is 12.7 Å². The van der Waals surface area contributed by atoms with Crippen LogP contribution < -0.4 is 16.6 Å². The Hall–Kier alpha value is -3.59. The molecule has 2 N–H and O–H groups in total. The molecule has 0 atom stereocenters. The minimum atomic E-state index is -0.560. The molecule has 4 rings (SSSR count). The highest BCUT2D eigenvalue weighted by molar-refractivity contribution is 7.16. The van der Waals surface area contributed by atoms with Crippen molar-refractivity contribution < 1.29 is 9.18 Å². The minimum Gasteiger partial charge on any atom is -0.302 e. The Labute approximate surface area is 173 Å². The smallest absolute Gasteiger partial charge is 0.302 e. The van der Waals surface area contributed by atoms with Gasteiger partial charge in [0.1, 0.15) is 5.82 Å². The maximum Gasteiger partial charge on any atom is 0.328 e. The first kappa shape index (κ1) is 19.7. The fourth-order valence-electron chi connectivity index (χ4n) is 3.18. The van der Waals surface area contributed by atoms with Gasteiger partial charge in [-0.3, -0.25) is 19.1 Å². The zero-order valence-electron chi connectivity index (χ0n) is 15.9. The van der Waals surface area contributed by atoms with Crippen LogP contribution in [0.3, 0.4) is 0 Å². The van der Waals surface area contributed by atoms with Crippen molar-refractivity contribution in [3.05, 3.63) is 80.1 Å². The summed E-state index contributed by atoms with van der Waals surface area (Å²) in [5.74, 6) is -0.637. The van der Waals surface area contributed by atoms with E-state index in [4.69, 9.17) is 0 Å². The molecule has 9 heteroatoms. The van der Waals surface area contributed by atoms with Gasteiger partial charge in [-0.05, 0) is 43.3 Å². The Morgan fingerprint density at radius 1 is 1.17 bits per heavy atom. The van der Waals surface area contributed by atoms with Gasteiger partial charge in [-0.25, -0.2) is 14.2 Å². The van der Waals surface area contributed by atoms with Gasteiger partial charge in [-0.2, -0.15) is 0 Å². The number of amides is 1. The number of H-pyrrole nitrogens is 1. The second-order valence-electron chi connectivity index (χ2n) is 6.66. The lowest BCUT2D eigenvalue weighted by Crippen LogP contribution is -2.31. The Bertz CT molecular complexity index is 1360. The van der Waals surface area contributed by atoms with E-state index in [9.17, 15) is 18.8 Å². The summed E-state index contributed by atoms with van der Waals surface area (Å²) >= 11 is 1.32. The summed E-state index contributed by atoms with van der Waals surface area (Å²) in [5.41, 5.74) is 0.899. The Morgan fingerprint density at radius 3 is 2.67 bits per heavy atom. The first-order valence-corrected chi connectivity index (χ1v) is 9.99. The molecule has 0 aliphatic heterocycles. The number of para-hydroxylation sites is 1. The minimum absolute atomic E-state index is 0.0282. The van der Waals surface area contributed by atoms with Crippen LogP contribution in [0.25, 0.3) is 22.2 Å². The first-order valence-electron chi connectivity index (χ1n) is 9.17. The van der Waals surface area contributed by atoms with E-state index in [-0.39, 0.29) is 24.7 Å². The monoisotopic (exact) mass is 424 g/mol. The Balaban J connectivity index is 1.50. The molecule has 2 aromatic heterocycles. The molecule has 4 aromatic rings. The number of rotatable bonds is 5. The van der Waals surface area contributed by atoms with Gasteiger partial charge < -0.3 is 5.32 Å². The maximum absolute atomic E-state index is 13.1. The van der Waals surface area contributed by atoms with Crippen molar-refractivity contribution in [2.45, 2.75) is 19.9 Å². The predicted octanol–water partition coefficient (Wildman–Crippen LogP) is 3.29. The van der Waals surface area contributed by atoms with Crippen LogP contribution >= 0.6 is 11.3 Å². The van der Waals surface area contributed by atoms with E-state index in [0.717, 1.165) is 10.4 Å². The third-order valence-electron chi connectivity index (χ3n) is 4.63. The predicted molar refractivity (Wildman–Crippen MR) is 114 cm³/mol. The van der Waals surface area contributed by atoms with Crippen LogP contribution in [0.15, 0.2) is 58.1 Å². The number of aromatic amines is 1. The molecule has 0 unspecified atom stereocenters. The number of hydrogen-bond acceptors (Lipinski definition) is 5. The third-order valence-corrected chi connectivity index (χ3v) is 5.51. The van der Waals surface area contributed by atoms with E-state index >= 15 is 0 Å². The second-order valence-corrected chi connectivity index (χ2v) is 7.86. The number of nitrogens with one attached hydrogen (secondary N) is 2. The average Bonchev–Trinajstić information content (AvgIpc) is 3.08. The molecule has 152 valence electrons. The van der Waals surface area contributed by atoms with Gasteiger partial charge in [0.15, 0.2) is 5.13 Å². The number of thiazole rings is 1. The summed E-state index contributed by atoms with van der Waals surface area (Å²) in [6, 6.07) is 12.7. The summed E-state index contributed by atoms with van der Waals surface area (Å²) in [6.07, 6.45) is 0.0282. The highest BCUT2D eigenvalue weighted by atomic mass is 32.1. The van der Waals surface area contributed by atoms with Crippen LogP contribution in [0.1, 0.15) is 11.3 Å². The molecule has 0 bridgehead atoms. The van der Waals surface area contributed by atoms with Gasteiger partial charge >= 0.3 is 5.69 Å². The number of hydrogen-bond donors (Lipinski definition) is 2. The molecular formula is C21H17FN4O3S. The molecule has 0 aliphatic rings. The van der Waals surface area contributed by atoms with Crippen molar-refractivity contribution >= 4 is 33.3 Å². The van der Waals surface area contributed by atoms with Gasteiger partial charge in [0.2, 0.25) is 5.91 Å². The van der Waals surface area contributed by atoms with E-state index in [0.29, 0.717) is 21.7 Å². The van der Waals surface area contributed by atoms with Crippen molar-refractivity contribution in [2.24, 2.45) is 0 Å². The normalized spacial score (nSPS) is 11.0. The number of benzene rings is 2. The summed E-state index contributed by atoms with van der Waals surface area (Å²) in [7, 11) is 0. The molecule has 30 heavy (non-hydrogen) atoms. The standard InChI is InChI=1S/C21H17FN4O3S/c1-12-18(13-6-8-14(22)9-7-13)24-20(30-12)23-17(27)10-11-26-16-5-3-2-4-15(16)19(28)25-21(26)29/h2-9H,10-11H2,1H3,(H,23,24,27)(H,25,28,29). The molecule has 2 heterocycles. The summed E-state index contributed by atoms with van der Waals surface area (Å²) in [6.45, 7) is 1.98. The van der Waals surface area contributed by atoms with Crippen molar-refractivity contribution in [2.75, 3.05) is 5.32 Å². The lowest BCUT2D eigenvalue weighted by atomic mass is 10.1. The number of halogens is 1. The van der Waals surface area contributed by atoms with E-state index in [2.05, 4.69) is 15.3 Å². The summed E-state index contributed by atoms with van der Waals surface area (Å²) < 4.78 is 14.5. The van der Waals surface area contributed by atoms with Gasteiger partial charge in [0.05, 0.1) is 16.6 Å². The lowest BCUT2D eigenvalue weighted by Gasteiger charge is -2.09. The van der Waals surface area contributed by atoms with Crippen molar-refractivity contribution in [1.82, 2.24) is 14.5 Å².